The number of hydrogen-bond acceptors (Lipinski definition) is 2. The molecule has 0 aromatic heterocycles. The molecule has 1 heterocycles. The second-order valence-electron chi connectivity index (χ2n) is 6.20. The maximum Gasteiger partial charge on any atom is 0.321 e. The fourth-order valence-electron chi connectivity index (χ4n) is 3.08. The molecule has 126 valence electrons. The predicted molar refractivity (Wildman–Crippen MR) is 103 cm³/mol. The third-order valence-electron chi connectivity index (χ3n) is 4.34. The predicted octanol–water partition coefficient (Wildman–Crippen LogP) is 4.42. The zero-order valence-electron chi connectivity index (χ0n) is 14.1. The van der Waals surface area contributed by atoms with Gasteiger partial charge in [-0.05, 0) is 43.7 Å². The third-order valence-corrected chi connectivity index (χ3v) is 4.83. The lowest BCUT2D eigenvalue weighted by Crippen LogP contribution is -2.50. The van der Waals surface area contributed by atoms with E-state index in [9.17, 15) is 4.79 Å². The van der Waals surface area contributed by atoms with Gasteiger partial charge in [-0.2, -0.15) is 0 Å². The lowest BCUT2D eigenvalue weighted by Gasteiger charge is -2.36. The van der Waals surface area contributed by atoms with Gasteiger partial charge < -0.3 is 15.1 Å². The SMILES string of the molecule is Cc1ccc(N2CCN(C(=O)Nc3cccc(Br)c3)CC2)c(C)c1. The Morgan fingerprint density at radius 2 is 1.79 bits per heavy atom. The Bertz CT molecular complexity index is 739. The molecule has 4 nitrogen and oxygen atoms in total. The maximum atomic E-state index is 12.4. The average Bonchev–Trinajstić information content (AvgIpc) is 2.55. The van der Waals surface area contributed by atoms with Crippen molar-refractivity contribution < 1.29 is 4.79 Å². The summed E-state index contributed by atoms with van der Waals surface area (Å²) in [7, 11) is 0. The van der Waals surface area contributed by atoms with E-state index >= 15 is 0 Å². The number of halogens is 1. The summed E-state index contributed by atoms with van der Waals surface area (Å²) in [6, 6.07) is 14.2. The van der Waals surface area contributed by atoms with Gasteiger partial charge in [0.05, 0.1) is 0 Å². The van der Waals surface area contributed by atoms with Crippen LogP contribution in [0.3, 0.4) is 0 Å². The van der Waals surface area contributed by atoms with Crippen LogP contribution in [-0.4, -0.2) is 37.1 Å². The second kappa shape index (κ2) is 7.26. The van der Waals surface area contributed by atoms with Crippen LogP contribution in [0, 0.1) is 13.8 Å². The standard InChI is InChI=1S/C19H22BrN3O/c1-14-6-7-18(15(2)12-14)22-8-10-23(11-9-22)19(24)21-17-5-3-4-16(20)13-17/h3-7,12-13H,8-11H2,1-2H3,(H,21,24). The van der Waals surface area contributed by atoms with Crippen molar-refractivity contribution >= 4 is 33.3 Å². The number of urea groups is 1. The highest BCUT2D eigenvalue weighted by atomic mass is 79.9. The molecule has 1 N–H and O–H groups in total. The van der Waals surface area contributed by atoms with E-state index in [-0.39, 0.29) is 6.03 Å². The number of aryl methyl sites for hydroxylation is 2. The van der Waals surface area contributed by atoms with Gasteiger partial charge in [0.15, 0.2) is 0 Å². The van der Waals surface area contributed by atoms with E-state index in [0.29, 0.717) is 0 Å². The summed E-state index contributed by atoms with van der Waals surface area (Å²) in [5.41, 5.74) is 4.66. The van der Waals surface area contributed by atoms with E-state index in [4.69, 9.17) is 0 Å². The fraction of sp³-hybridized carbons (Fsp3) is 0.316. The van der Waals surface area contributed by atoms with Crippen molar-refractivity contribution in [3.05, 3.63) is 58.1 Å². The molecule has 3 rings (SSSR count). The minimum atomic E-state index is -0.0339. The Morgan fingerprint density at radius 3 is 2.46 bits per heavy atom. The number of benzene rings is 2. The Morgan fingerprint density at radius 1 is 1.04 bits per heavy atom. The molecule has 2 amide bonds. The number of hydrogen-bond donors (Lipinski definition) is 1. The van der Waals surface area contributed by atoms with Crippen LogP contribution >= 0.6 is 15.9 Å². The number of amides is 2. The van der Waals surface area contributed by atoms with Gasteiger partial charge in [-0.15, -0.1) is 0 Å². The van der Waals surface area contributed by atoms with Crippen molar-refractivity contribution in [2.24, 2.45) is 0 Å². The summed E-state index contributed by atoms with van der Waals surface area (Å²) in [5.74, 6) is 0. The monoisotopic (exact) mass is 387 g/mol. The summed E-state index contributed by atoms with van der Waals surface area (Å²) in [4.78, 5) is 16.6. The summed E-state index contributed by atoms with van der Waals surface area (Å²) >= 11 is 3.42. The number of carbonyl (C=O) groups is 1. The number of anilines is 2. The highest BCUT2D eigenvalue weighted by Crippen LogP contribution is 2.23. The molecule has 0 radical (unpaired) electrons. The number of rotatable bonds is 2. The first kappa shape index (κ1) is 16.8. The summed E-state index contributed by atoms with van der Waals surface area (Å²) in [5, 5.41) is 2.96. The van der Waals surface area contributed by atoms with Crippen LogP contribution in [0.15, 0.2) is 46.9 Å². The zero-order valence-corrected chi connectivity index (χ0v) is 15.6. The molecule has 1 aliphatic heterocycles. The van der Waals surface area contributed by atoms with Crippen LogP contribution < -0.4 is 10.2 Å². The smallest absolute Gasteiger partial charge is 0.321 e. The van der Waals surface area contributed by atoms with Gasteiger partial charge >= 0.3 is 6.03 Å². The van der Waals surface area contributed by atoms with Crippen LogP contribution in [-0.2, 0) is 0 Å². The molecule has 0 bridgehead atoms. The molecule has 1 aliphatic rings. The molecular weight excluding hydrogens is 366 g/mol. The summed E-state index contributed by atoms with van der Waals surface area (Å²) in [6.07, 6.45) is 0. The molecule has 0 saturated carbocycles. The minimum Gasteiger partial charge on any atom is -0.368 e. The largest absolute Gasteiger partial charge is 0.368 e. The Labute approximate surface area is 151 Å². The lowest BCUT2D eigenvalue weighted by atomic mass is 10.1. The second-order valence-corrected chi connectivity index (χ2v) is 7.12. The van der Waals surface area contributed by atoms with Crippen molar-refractivity contribution in [2.45, 2.75) is 13.8 Å². The fourth-order valence-corrected chi connectivity index (χ4v) is 3.48. The molecule has 5 heteroatoms. The number of piperazine rings is 1. The van der Waals surface area contributed by atoms with Gasteiger partial charge in [-0.1, -0.05) is 39.7 Å². The first-order valence-electron chi connectivity index (χ1n) is 8.16. The van der Waals surface area contributed by atoms with Gasteiger partial charge in [-0.3, -0.25) is 0 Å². The maximum absolute atomic E-state index is 12.4. The molecule has 0 spiro atoms. The average molecular weight is 388 g/mol. The van der Waals surface area contributed by atoms with Gasteiger partial charge in [-0.25, -0.2) is 4.79 Å². The van der Waals surface area contributed by atoms with Crippen molar-refractivity contribution in [3.63, 3.8) is 0 Å². The van der Waals surface area contributed by atoms with Crippen molar-refractivity contribution in [1.82, 2.24) is 4.90 Å². The number of nitrogens with zero attached hydrogens (tertiary/aromatic N) is 2. The molecule has 0 atom stereocenters. The van der Waals surface area contributed by atoms with E-state index in [2.05, 4.69) is 58.2 Å². The van der Waals surface area contributed by atoms with E-state index < -0.39 is 0 Å². The highest BCUT2D eigenvalue weighted by Gasteiger charge is 2.22. The minimum absolute atomic E-state index is 0.0339. The molecule has 2 aromatic carbocycles. The van der Waals surface area contributed by atoms with E-state index in [1.165, 1.54) is 16.8 Å². The molecule has 2 aromatic rings. The molecule has 24 heavy (non-hydrogen) atoms. The van der Waals surface area contributed by atoms with Gasteiger partial charge in [0.2, 0.25) is 0 Å². The van der Waals surface area contributed by atoms with E-state index in [1.807, 2.05) is 29.2 Å². The molecular formula is C19H22BrN3O. The van der Waals surface area contributed by atoms with Crippen LogP contribution in [0.2, 0.25) is 0 Å². The Kier molecular flexibility index (Phi) is 5.09. The molecule has 0 aliphatic carbocycles. The van der Waals surface area contributed by atoms with Crippen molar-refractivity contribution in [2.75, 3.05) is 36.4 Å². The molecule has 1 fully saturated rings. The zero-order chi connectivity index (χ0) is 17.1. The summed E-state index contributed by atoms with van der Waals surface area (Å²) in [6.45, 7) is 7.43. The number of carbonyl (C=O) groups excluding carboxylic acids is 1. The van der Waals surface area contributed by atoms with Crippen LogP contribution in [0.4, 0.5) is 16.2 Å². The van der Waals surface area contributed by atoms with Gasteiger partial charge in [0.1, 0.15) is 0 Å². The summed E-state index contributed by atoms with van der Waals surface area (Å²) < 4.78 is 0.958. The topological polar surface area (TPSA) is 35.6 Å². The normalized spacial score (nSPS) is 14.6. The molecule has 0 unspecified atom stereocenters. The van der Waals surface area contributed by atoms with Crippen LogP contribution in [0.1, 0.15) is 11.1 Å². The number of nitrogens with one attached hydrogen (secondary N) is 1. The first-order chi connectivity index (χ1) is 11.5. The lowest BCUT2D eigenvalue weighted by molar-refractivity contribution is 0.208. The van der Waals surface area contributed by atoms with Gasteiger partial charge in [0, 0.05) is 42.0 Å². The van der Waals surface area contributed by atoms with E-state index in [1.54, 1.807) is 0 Å². The Balaban J connectivity index is 1.59. The van der Waals surface area contributed by atoms with Gasteiger partial charge in [0.25, 0.3) is 0 Å². The van der Waals surface area contributed by atoms with Crippen molar-refractivity contribution in [3.8, 4) is 0 Å². The van der Waals surface area contributed by atoms with Crippen LogP contribution in [0.25, 0.3) is 0 Å². The van der Waals surface area contributed by atoms with E-state index in [0.717, 1.165) is 36.3 Å². The van der Waals surface area contributed by atoms with Crippen molar-refractivity contribution in [1.29, 1.82) is 0 Å². The van der Waals surface area contributed by atoms with Crippen LogP contribution in [0.5, 0.6) is 0 Å². The quantitative estimate of drug-likeness (QED) is 0.827. The highest BCUT2D eigenvalue weighted by molar-refractivity contribution is 9.10. The third kappa shape index (κ3) is 3.90. The first-order valence-corrected chi connectivity index (χ1v) is 8.96. The Hall–Kier alpha value is -2.01. The molecule has 1 saturated heterocycles.